The predicted molar refractivity (Wildman–Crippen MR) is 67.5 cm³/mol. The third-order valence-electron chi connectivity index (χ3n) is 2.62. The molecule has 0 bridgehead atoms. The van der Waals surface area contributed by atoms with E-state index >= 15 is 0 Å². The van der Waals surface area contributed by atoms with Gasteiger partial charge in [-0.25, -0.2) is 0 Å². The van der Waals surface area contributed by atoms with Crippen molar-refractivity contribution in [1.29, 1.82) is 0 Å². The Labute approximate surface area is 112 Å². The highest BCUT2D eigenvalue weighted by Gasteiger charge is 2.35. The van der Waals surface area contributed by atoms with Crippen LogP contribution in [0.15, 0.2) is 48.5 Å². The summed E-state index contributed by atoms with van der Waals surface area (Å²) >= 11 is 0. The summed E-state index contributed by atoms with van der Waals surface area (Å²) in [5.41, 5.74) is -1.24. The van der Waals surface area contributed by atoms with Crippen molar-refractivity contribution in [3.8, 4) is 5.75 Å². The molecule has 0 aliphatic heterocycles. The molecule has 0 fully saturated rings. The van der Waals surface area contributed by atoms with Crippen LogP contribution in [-0.4, -0.2) is 11.0 Å². The molecule has 104 valence electrons. The summed E-state index contributed by atoms with van der Waals surface area (Å²) < 4.78 is 37.9. The van der Waals surface area contributed by atoms with Gasteiger partial charge in [-0.05, 0) is 24.3 Å². The number of alkyl halides is 3. The highest BCUT2D eigenvalue weighted by atomic mass is 19.4. The molecule has 0 radical (unpaired) electrons. The zero-order valence-corrected chi connectivity index (χ0v) is 10.1. The highest BCUT2D eigenvalue weighted by Crippen LogP contribution is 2.37. The Morgan fingerprint density at radius 1 is 1.00 bits per heavy atom. The van der Waals surface area contributed by atoms with E-state index in [4.69, 9.17) is 0 Å². The van der Waals surface area contributed by atoms with E-state index in [9.17, 15) is 23.1 Å². The van der Waals surface area contributed by atoms with Gasteiger partial charge in [0, 0.05) is 5.69 Å². The van der Waals surface area contributed by atoms with Crippen LogP contribution < -0.4 is 5.32 Å². The van der Waals surface area contributed by atoms with Crippen molar-refractivity contribution in [2.24, 2.45) is 0 Å². The molecular formula is C14H10F3NO2. The van der Waals surface area contributed by atoms with E-state index < -0.39 is 29.0 Å². The third-order valence-corrected chi connectivity index (χ3v) is 2.62. The van der Waals surface area contributed by atoms with Gasteiger partial charge in [-0.1, -0.05) is 24.3 Å². The van der Waals surface area contributed by atoms with Crippen molar-refractivity contribution in [2.75, 3.05) is 5.32 Å². The second-order valence-electron chi connectivity index (χ2n) is 4.02. The molecule has 2 rings (SSSR count). The molecule has 0 spiro atoms. The first kappa shape index (κ1) is 13.9. The van der Waals surface area contributed by atoms with Gasteiger partial charge in [-0.2, -0.15) is 13.2 Å². The van der Waals surface area contributed by atoms with Gasteiger partial charge in [0.05, 0.1) is 11.1 Å². The Morgan fingerprint density at radius 2 is 1.65 bits per heavy atom. The number of phenols is 1. The zero-order valence-electron chi connectivity index (χ0n) is 10.1. The number of hydrogen-bond donors (Lipinski definition) is 2. The number of hydrogen-bond acceptors (Lipinski definition) is 2. The molecular weight excluding hydrogens is 271 g/mol. The molecule has 6 heteroatoms. The van der Waals surface area contributed by atoms with Crippen molar-refractivity contribution in [3.63, 3.8) is 0 Å². The van der Waals surface area contributed by atoms with Gasteiger partial charge in [-0.3, -0.25) is 4.79 Å². The van der Waals surface area contributed by atoms with Gasteiger partial charge in [0.25, 0.3) is 5.91 Å². The molecule has 0 aliphatic carbocycles. The second kappa shape index (κ2) is 5.24. The number of aromatic hydroxyl groups is 1. The van der Waals surface area contributed by atoms with Gasteiger partial charge < -0.3 is 10.4 Å². The molecule has 2 N–H and O–H groups in total. The Bertz CT molecular complexity index is 624. The first-order chi connectivity index (χ1) is 9.39. The van der Waals surface area contributed by atoms with E-state index in [1.807, 2.05) is 0 Å². The van der Waals surface area contributed by atoms with Crippen LogP contribution in [0.5, 0.6) is 5.75 Å². The summed E-state index contributed by atoms with van der Waals surface area (Å²) in [6.07, 6.45) is -4.72. The van der Waals surface area contributed by atoms with Crippen LogP contribution in [0.4, 0.5) is 18.9 Å². The van der Waals surface area contributed by atoms with Crippen LogP contribution in [0, 0.1) is 0 Å². The van der Waals surface area contributed by atoms with Crippen molar-refractivity contribution >= 4 is 11.6 Å². The highest BCUT2D eigenvalue weighted by molar-refractivity contribution is 6.06. The number of nitrogens with one attached hydrogen (secondary N) is 1. The van der Waals surface area contributed by atoms with Gasteiger partial charge in [-0.15, -0.1) is 0 Å². The smallest absolute Gasteiger partial charge is 0.419 e. The van der Waals surface area contributed by atoms with Gasteiger partial charge in [0.1, 0.15) is 5.75 Å². The number of amides is 1. The summed E-state index contributed by atoms with van der Waals surface area (Å²) in [4.78, 5) is 11.9. The summed E-state index contributed by atoms with van der Waals surface area (Å²) in [5.74, 6) is -1.88. The van der Waals surface area contributed by atoms with Crippen LogP contribution in [0.25, 0.3) is 0 Å². The SMILES string of the molecule is O=C(Nc1ccccc1)c1cccc(C(F)(F)F)c1O. The molecule has 0 saturated heterocycles. The van der Waals surface area contributed by atoms with Crippen molar-refractivity contribution in [3.05, 3.63) is 59.7 Å². The van der Waals surface area contributed by atoms with E-state index in [0.29, 0.717) is 11.8 Å². The molecule has 0 unspecified atom stereocenters. The fourth-order valence-corrected chi connectivity index (χ4v) is 1.68. The number of para-hydroxylation sites is 2. The quantitative estimate of drug-likeness (QED) is 0.882. The normalized spacial score (nSPS) is 11.2. The van der Waals surface area contributed by atoms with Crippen molar-refractivity contribution in [2.45, 2.75) is 6.18 Å². The maximum Gasteiger partial charge on any atom is 0.419 e. The van der Waals surface area contributed by atoms with E-state index in [2.05, 4.69) is 5.32 Å². The average molecular weight is 281 g/mol. The minimum Gasteiger partial charge on any atom is -0.506 e. The Morgan fingerprint density at radius 3 is 2.25 bits per heavy atom. The van der Waals surface area contributed by atoms with E-state index in [0.717, 1.165) is 12.1 Å². The summed E-state index contributed by atoms with van der Waals surface area (Å²) in [5, 5.41) is 12.0. The molecule has 3 nitrogen and oxygen atoms in total. The van der Waals surface area contributed by atoms with Crippen LogP contribution in [0.3, 0.4) is 0 Å². The lowest BCUT2D eigenvalue weighted by molar-refractivity contribution is -0.138. The number of rotatable bonds is 2. The summed E-state index contributed by atoms with van der Waals surface area (Å²) in [7, 11) is 0. The minimum atomic E-state index is -4.72. The molecule has 0 saturated carbocycles. The Hall–Kier alpha value is -2.50. The van der Waals surface area contributed by atoms with E-state index in [-0.39, 0.29) is 0 Å². The van der Waals surface area contributed by atoms with E-state index in [1.165, 1.54) is 0 Å². The lowest BCUT2D eigenvalue weighted by atomic mass is 10.1. The second-order valence-corrected chi connectivity index (χ2v) is 4.02. The fraction of sp³-hybridized carbons (Fsp3) is 0.0714. The molecule has 2 aromatic carbocycles. The first-order valence-corrected chi connectivity index (χ1v) is 5.65. The molecule has 20 heavy (non-hydrogen) atoms. The molecule has 0 aliphatic rings. The van der Waals surface area contributed by atoms with Crippen molar-refractivity contribution in [1.82, 2.24) is 0 Å². The van der Waals surface area contributed by atoms with Crippen LogP contribution in [0.2, 0.25) is 0 Å². The molecule has 0 aromatic heterocycles. The number of anilines is 1. The average Bonchev–Trinajstić information content (AvgIpc) is 2.38. The van der Waals surface area contributed by atoms with Gasteiger partial charge >= 0.3 is 6.18 Å². The number of carbonyl (C=O) groups is 1. The molecule has 0 atom stereocenters. The number of benzene rings is 2. The third kappa shape index (κ3) is 2.90. The van der Waals surface area contributed by atoms with Crippen LogP contribution in [-0.2, 0) is 6.18 Å². The topological polar surface area (TPSA) is 49.3 Å². The van der Waals surface area contributed by atoms with Crippen LogP contribution >= 0.6 is 0 Å². The predicted octanol–water partition coefficient (Wildman–Crippen LogP) is 3.66. The van der Waals surface area contributed by atoms with Crippen LogP contribution in [0.1, 0.15) is 15.9 Å². The zero-order chi connectivity index (χ0) is 14.8. The first-order valence-electron chi connectivity index (χ1n) is 5.65. The fourth-order valence-electron chi connectivity index (χ4n) is 1.68. The van der Waals surface area contributed by atoms with Crippen molar-refractivity contribution < 1.29 is 23.1 Å². The summed E-state index contributed by atoms with van der Waals surface area (Å²) in [6.45, 7) is 0. The minimum absolute atomic E-state index is 0.425. The van der Waals surface area contributed by atoms with Gasteiger partial charge in [0.15, 0.2) is 0 Å². The standard InChI is InChI=1S/C14H10F3NO2/c15-14(16,17)11-8-4-7-10(12(11)19)13(20)18-9-5-2-1-3-6-9/h1-8,19H,(H,18,20). The number of phenolic OH excluding ortho intramolecular Hbond substituents is 1. The molecule has 1 amide bonds. The molecule has 2 aromatic rings. The lowest BCUT2D eigenvalue weighted by Gasteiger charge is -2.12. The lowest BCUT2D eigenvalue weighted by Crippen LogP contribution is -2.14. The maximum atomic E-state index is 12.6. The number of halogens is 3. The summed E-state index contributed by atoms with van der Waals surface area (Å²) in [6, 6.07) is 11.2. The Kier molecular flexibility index (Phi) is 3.65. The largest absolute Gasteiger partial charge is 0.506 e. The van der Waals surface area contributed by atoms with Gasteiger partial charge in [0.2, 0.25) is 0 Å². The number of carbonyl (C=O) groups excluding carboxylic acids is 1. The molecule has 0 heterocycles. The van der Waals surface area contributed by atoms with E-state index in [1.54, 1.807) is 30.3 Å². The monoisotopic (exact) mass is 281 g/mol. The maximum absolute atomic E-state index is 12.6. The Balaban J connectivity index is 2.32.